The number of nitro groups is 1. The van der Waals surface area contributed by atoms with Gasteiger partial charge in [-0.05, 0) is 32.8 Å². The van der Waals surface area contributed by atoms with E-state index in [0.717, 1.165) is 12.8 Å². The minimum atomic E-state index is -0.391. The second-order valence-corrected chi connectivity index (χ2v) is 5.61. The normalized spacial score (nSPS) is 15.7. The van der Waals surface area contributed by atoms with Crippen molar-refractivity contribution < 1.29 is 14.5 Å². The van der Waals surface area contributed by atoms with Crippen LogP contribution >= 0.6 is 0 Å². The van der Waals surface area contributed by atoms with Crippen LogP contribution in [0, 0.1) is 10.1 Å². The van der Waals surface area contributed by atoms with Gasteiger partial charge in [-0.15, -0.1) is 0 Å². The van der Waals surface area contributed by atoms with E-state index in [-0.39, 0.29) is 23.9 Å². The molecule has 1 aromatic carbocycles. The van der Waals surface area contributed by atoms with E-state index in [1.807, 2.05) is 13.8 Å². The first kappa shape index (κ1) is 16.1. The van der Waals surface area contributed by atoms with Crippen LogP contribution in [0.3, 0.4) is 0 Å². The zero-order valence-corrected chi connectivity index (χ0v) is 12.8. The Morgan fingerprint density at radius 1 is 1.36 bits per heavy atom. The molecule has 0 radical (unpaired) electrons. The summed E-state index contributed by atoms with van der Waals surface area (Å²) in [5, 5.41) is 14.2. The van der Waals surface area contributed by atoms with Gasteiger partial charge in [0, 0.05) is 25.2 Å². The molecule has 0 atom stereocenters. The highest BCUT2D eigenvalue weighted by atomic mass is 16.6. The maximum absolute atomic E-state index is 11.8. The van der Waals surface area contributed by atoms with Crippen molar-refractivity contribution in [2.24, 2.45) is 0 Å². The molecule has 7 heteroatoms. The summed E-state index contributed by atoms with van der Waals surface area (Å²) in [6, 6.07) is 6.72. The third kappa shape index (κ3) is 4.09. The fourth-order valence-corrected chi connectivity index (χ4v) is 2.46. The Morgan fingerprint density at radius 3 is 2.59 bits per heavy atom. The van der Waals surface area contributed by atoms with Crippen molar-refractivity contribution in [1.82, 2.24) is 4.90 Å². The second-order valence-electron chi connectivity index (χ2n) is 5.61. The molecule has 0 aliphatic carbocycles. The molecule has 0 spiro atoms. The summed E-state index contributed by atoms with van der Waals surface area (Å²) in [6.07, 6.45) is 1.05. The molecule has 0 saturated carbocycles. The molecule has 1 amide bonds. The minimum Gasteiger partial charge on any atom is -0.447 e. The molecule has 2 rings (SSSR count). The molecule has 0 unspecified atom stereocenters. The summed E-state index contributed by atoms with van der Waals surface area (Å²) in [5.74, 6) is 0. The topological polar surface area (TPSA) is 84.7 Å². The van der Waals surface area contributed by atoms with E-state index >= 15 is 0 Å². The lowest BCUT2D eigenvalue weighted by Gasteiger charge is -2.32. The van der Waals surface area contributed by atoms with Gasteiger partial charge in [0.2, 0.25) is 0 Å². The fraction of sp³-hybridized carbons (Fsp3) is 0.533. The fourth-order valence-electron chi connectivity index (χ4n) is 2.46. The van der Waals surface area contributed by atoms with Gasteiger partial charge in [-0.3, -0.25) is 10.1 Å². The molecule has 0 bridgehead atoms. The molecule has 0 aromatic heterocycles. The number of nitro benzene ring substituents is 1. The van der Waals surface area contributed by atoms with Crippen LogP contribution in [0.1, 0.15) is 26.7 Å². The van der Waals surface area contributed by atoms with E-state index in [9.17, 15) is 14.9 Å². The van der Waals surface area contributed by atoms with E-state index in [4.69, 9.17) is 4.74 Å². The van der Waals surface area contributed by atoms with Crippen molar-refractivity contribution in [2.45, 2.75) is 38.8 Å². The molecule has 120 valence electrons. The Balaban J connectivity index is 1.90. The van der Waals surface area contributed by atoms with Crippen LogP contribution in [0.15, 0.2) is 24.3 Å². The standard InChI is InChI=1S/C15H21N3O4/c1-11(2)22-15(19)17-9-7-12(8-10-17)16-13-5-3-4-6-14(13)18(20)21/h3-6,11-12,16H,7-10H2,1-2H3. The number of hydrogen-bond donors (Lipinski definition) is 1. The summed E-state index contributed by atoms with van der Waals surface area (Å²) < 4.78 is 5.17. The number of benzene rings is 1. The third-order valence-electron chi connectivity index (χ3n) is 3.55. The first-order chi connectivity index (χ1) is 10.5. The number of amides is 1. The van der Waals surface area contributed by atoms with Gasteiger partial charge in [-0.2, -0.15) is 0 Å². The van der Waals surface area contributed by atoms with Crippen molar-refractivity contribution in [1.29, 1.82) is 0 Å². The molecular weight excluding hydrogens is 286 g/mol. The lowest BCUT2D eigenvalue weighted by atomic mass is 10.0. The van der Waals surface area contributed by atoms with Crippen molar-refractivity contribution in [3.8, 4) is 0 Å². The number of hydrogen-bond acceptors (Lipinski definition) is 5. The van der Waals surface area contributed by atoms with E-state index in [1.54, 1.807) is 23.1 Å². The maximum atomic E-state index is 11.8. The van der Waals surface area contributed by atoms with Gasteiger partial charge in [0.1, 0.15) is 5.69 Å². The average molecular weight is 307 g/mol. The molecular formula is C15H21N3O4. The van der Waals surface area contributed by atoms with E-state index in [1.165, 1.54) is 6.07 Å². The Labute approximate surface area is 129 Å². The van der Waals surface area contributed by atoms with Gasteiger partial charge >= 0.3 is 6.09 Å². The number of nitrogens with zero attached hydrogens (tertiary/aromatic N) is 2. The van der Waals surface area contributed by atoms with Gasteiger partial charge in [0.25, 0.3) is 5.69 Å². The molecule has 1 aliphatic heterocycles. The van der Waals surface area contributed by atoms with E-state index in [0.29, 0.717) is 18.8 Å². The molecule has 1 aliphatic rings. The number of likely N-dealkylation sites (tertiary alicyclic amines) is 1. The van der Waals surface area contributed by atoms with E-state index in [2.05, 4.69) is 5.32 Å². The molecule has 22 heavy (non-hydrogen) atoms. The van der Waals surface area contributed by atoms with Gasteiger partial charge in [-0.1, -0.05) is 12.1 Å². The minimum absolute atomic E-state index is 0.0733. The number of piperidine rings is 1. The van der Waals surface area contributed by atoms with Gasteiger partial charge in [0.05, 0.1) is 11.0 Å². The number of para-hydroxylation sites is 2. The zero-order valence-electron chi connectivity index (χ0n) is 12.8. The van der Waals surface area contributed by atoms with Crippen molar-refractivity contribution >= 4 is 17.5 Å². The Kier molecular flexibility index (Phi) is 5.19. The summed E-state index contributed by atoms with van der Waals surface area (Å²) in [4.78, 5) is 24.1. The number of ether oxygens (including phenoxy) is 1. The molecule has 1 heterocycles. The summed E-state index contributed by atoms with van der Waals surface area (Å²) in [7, 11) is 0. The van der Waals surface area contributed by atoms with Crippen LogP contribution in [0.5, 0.6) is 0 Å². The Bertz CT molecular complexity index is 539. The summed E-state index contributed by atoms with van der Waals surface area (Å²) in [5.41, 5.74) is 0.597. The second kappa shape index (κ2) is 7.11. The van der Waals surface area contributed by atoms with Crippen LogP contribution in [-0.2, 0) is 4.74 Å². The predicted molar refractivity (Wildman–Crippen MR) is 82.9 cm³/mol. The van der Waals surface area contributed by atoms with Crippen LogP contribution < -0.4 is 5.32 Å². The number of nitrogens with one attached hydrogen (secondary N) is 1. The average Bonchev–Trinajstić information content (AvgIpc) is 2.47. The SMILES string of the molecule is CC(C)OC(=O)N1CCC(Nc2ccccc2[N+](=O)[O-])CC1. The number of carbonyl (C=O) groups excluding carboxylic acids is 1. The van der Waals surface area contributed by atoms with Gasteiger partial charge < -0.3 is 15.0 Å². The van der Waals surface area contributed by atoms with E-state index < -0.39 is 4.92 Å². The first-order valence-corrected chi connectivity index (χ1v) is 7.43. The molecule has 7 nitrogen and oxygen atoms in total. The summed E-state index contributed by atoms with van der Waals surface area (Å²) >= 11 is 0. The third-order valence-corrected chi connectivity index (χ3v) is 3.55. The predicted octanol–water partition coefficient (Wildman–Crippen LogP) is 3.02. The van der Waals surface area contributed by atoms with Gasteiger partial charge in [-0.25, -0.2) is 4.79 Å². The first-order valence-electron chi connectivity index (χ1n) is 7.43. The Hall–Kier alpha value is -2.31. The smallest absolute Gasteiger partial charge is 0.410 e. The Morgan fingerprint density at radius 2 is 2.00 bits per heavy atom. The quantitative estimate of drug-likeness (QED) is 0.682. The van der Waals surface area contributed by atoms with Crippen LogP contribution in [0.4, 0.5) is 16.2 Å². The molecule has 1 saturated heterocycles. The van der Waals surface area contributed by atoms with Crippen LogP contribution in [-0.4, -0.2) is 41.2 Å². The number of rotatable bonds is 4. The number of carbonyl (C=O) groups is 1. The largest absolute Gasteiger partial charge is 0.447 e. The monoisotopic (exact) mass is 307 g/mol. The summed E-state index contributed by atoms with van der Waals surface area (Å²) in [6.45, 7) is 4.81. The number of anilines is 1. The highest BCUT2D eigenvalue weighted by molar-refractivity contribution is 5.68. The highest BCUT2D eigenvalue weighted by Crippen LogP contribution is 2.26. The van der Waals surface area contributed by atoms with Crippen molar-refractivity contribution in [3.05, 3.63) is 34.4 Å². The highest BCUT2D eigenvalue weighted by Gasteiger charge is 2.25. The lowest BCUT2D eigenvalue weighted by Crippen LogP contribution is -2.43. The van der Waals surface area contributed by atoms with Crippen LogP contribution in [0.25, 0.3) is 0 Å². The van der Waals surface area contributed by atoms with Crippen molar-refractivity contribution in [2.75, 3.05) is 18.4 Å². The zero-order chi connectivity index (χ0) is 16.1. The molecule has 1 aromatic rings. The maximum Gasteiger partial charge on any atom is 0.410 e. The molecule has 1 fully saturated rings. The lowest BCUT2D eigenvalue weighted by molar-refractivity contribution is -0.384. The van der Waals surface area contributed by atoms with Crippen molar-refractivity contribution in [3.63, 3.8) is 0 Å². The molecule has 1 N–H and O–H groups in total. The van der Waals surface area contributed by atoms with Gasteiger partial charge in [0.15, 0.2) is 0 Å². The van der Waals surface area contributed by atoms with Crippen LogP contribution in [0.2, 0.25) is 0 Å².